The van der Waals surface area contributed by atoms with Gasteiger partial charge in [-0.25, -0.2) is 0 Å². The molecule has 2 heteroatoms. The van der Waals surface area contributed by atoms with Crippen molar-refractivity contribution in [3.05, 3.63) is 0 Å². The molecule has 0 aromatic heterocycles. The van der Waals surface area contributed by atoms with Gasteiger partial charge in [0.15, 0.2) is 0 Å². The van der Waals surface area contributed by atoms with Crippen LogP contribution >= 0.6 is 0 Å². The van der Waals surface area contributed by atoms with Crippen molar-refractivity contribution in [3.8, 4) is 0 Å². The minimum Gasteiger partial charge on any atom is -0.303 e. The molecule has 0 bridgehead atoms. The Morgan fingerprint density at radius 3 is 2.47 bits per heavy atom. The van der Waals surface area contributed by atoms with Gasteiger partial charge in [0.1, 0.15) is 12.1 Å². The minimum absolute atomic E-state index is 0.165. The maximum atomic E-state index is 11.4. The summed E-state index contributed by atoms with van der Waals surface area (Å²) in [5.74, 6) is 2.49. The lowest BCUT2D eigenvalue weighted by Crippen LogP contribution is -2.37. The fourth-order valence-electron chi connectivity index (χ4n) is 3.39. The zero-order valence-electron chi connectivity index (χ0n) is 11.6. The van der Waals surface area contributed by atoms with Gasteiger partial charge in [-0.2, -0.15) is 0 Å². The molecular formula is C15H26O2. The molecule has 0 amide bonds. The molecule has 1 fully saturated rings. The molecule has 1 rings (SSSR count). The van der Waals surface area contributed by atoms with Gasteiger partial charge in [0, 0.05) is 12.3 Å². The van der Waals surface area contributed by atoms with Crippen LogP contribution in [0.1, 0.15) is 53.4 Å². The van der Waals surface area contributed by atoms with Gasteiger partial charge in [0.25, 0.3) is 0 Å². The van der Waals surface area contributed by atoms with E-state index in [1.165, 1.54) is 12.8 Å². The summed E-state index contributed by atoms with van der Waals surface area (Å²) in [4.78, 5) is 22.5. The number of rotatable bonds is 5. The fourth-order valence-corrected chi connectivity index (χ4v) is 3.39. The Morgan fingerprint density at radius 1 is 1.35 bits per heavy atom. The highest BCUT2D eigenvalue weighted by Crippen LogP contribution is 2.43. The summed E-state index contributed by atoms with van der Waals surface area (Å²) in [6.07, 6.45) is 5.05. The molecule has 0 unspecified atom stereocenters. The van der Waals surface area contributed by atoms with E-state index in [4.69, 9.17) is 0 Å². The van der Waals surface area contributed by atoms with Crippen LogP contribution in [0.2, 0.25) is 0 Å². The Balaban J connectivity index is 2.73. The third kappa shape index (κ3) is 3.65. The number of carbonyl (C=O) groups is 2. The number of hydrogen-bond acceptors (Lipinski definition) is 2. The summed E-state index contributed by atoms with van der Waals surface area (Å²) in [7, 11) is 0. The van der Waals surface area contributed by atoms with Gasteiger partial charge in [0.05, 0.1) is 0 Å². The van der Waals surface area contributed by atoms with Gasteiger partial charge >= 0.3 is 0 Å². The molecule has 0 saturated heterocycles. The number of carbonyl (C=O) groups excluding carboxylic acids is 2. The van der Waals surface area contributed by atoms with Crippen LogP contribution in [0.15, 0.2) is 0 Å². The molecule has 0 aromatic carbocycles. The van der Waals surface area contributed by atoms with Crippen LogP contribution < -0.4 is 0 Å². The first-order valence-corrected chi connectivity index (χ1v) is 6.92. The molecular weight excluding hydrogens is 212 g/mol. The van der Waals surface area contributed by atoms with E-state index >= 15 is 0 Å². The molecule has 2 nitrogen and oxygen atoms in total. The molecule has 17 heavy (non-hydrogen) atoms. The number of aldehydes is 1. The zero-order valence-corrected chi connectivity index (χ0v) is 11.6. The second-order valence-corrected chi connectivity index (χ2v) is 6.08. The van der Waals surface area contributed by atoms with Crippen LogP contribution in [0.25, 0.3) is 0 Å². The van der Waals surface area contributed by atoms with Gasteiger partial charge in [-0.15, -0.1) is 0 Å². The number of hydrogen-bond donors (Lipinski definition) is 0. The quantitative estimate of drug-likeness (QED) is 0.687. The summed E-state index contributed by atoms with van der Waals surface area (Å²) in [5.41, 5.74) is 0. The molecule has 0 aromatic rings. The lowest BCUT2D eigenvalue weighted by Gasteiger charge is -2.41. The Bertz CT molecular complexity index is 270. The maximum absolute atomic E-state index is 11.4. The average Bonchev–Trinajstić information content (AvgIpc) is 2.26. The van der Waals surface area contributed by atoms with Crippen molar-refractivity contribution in [3.63, 3.8) is 0 Å². The SMILES string of the molecule is CC(=O)CC[C@@H]1[C@H](C=O)[C@H](C(C)C)CC[C@H]1C. The van der Waals surface area contributed by atoms with Gasteiger partial charge in [0.2, 0.25) is 0 Å². The zero-order chi connectivity index (χ0) is 13.0. The summed E-state index contributed by atoms with van der Waals surface area (Å²) < 4.78 is 0. The van der Waals surface area contributed by atoms with Gasteiger partial charge < -0.3 is 9.59 Å². The van der Waals surface area contributed by atoms with Gasteiger partial charge in [-0.1, -0.05) is 27.2 Å². The Labute approximate surface area is 105 Å². The third-order valence-corrected chi connectivity index (χ3v) is 4.52. The first-order valence-electron chi connectivity index (χ1n) is 6.92. The van der Waals surface area contributed by atoms with E-state index in [0.717, 1.165) is 12.7 Å². The first kappa shape index (κ1) is 14.4. The topological polar surface area (TPSA) is 34.1 Å². The average molecular weight is 238 g/mol. The second kappa shape index (κ2) is 6.32. The van der Waals surface area contributed by atoms with Gasteiger partial charge in [-0.3, -0.25) is 0 Å². The molecule has 1 saturated carbocycles. The normalized spacial score (nSPS) is 33.7. The maximum Gasteiger partial charge on any atom is 0.129 e. The van der Waals surface area contributed by atoms with E-state index in [2.05, 4.69) is 20.8 Å². The highest BCUT2D eigenvalue weighted by atomic mass is 16.1. The smallest absolute Gasteiger partial charge is 0.129 e. The Hall–Kier alpha value is -0.660. The van der Waals surface area contributed by atoms with Crippen LogP contribution in [-0.4, -0.2) is 12.1 Å². The molecule has 0 radical (unpaired) electrons. The highest BCUT2D eigenvalue weighted by molar-refractivity contribution is 5.75. The number of ketones is 1. The molecule has 0 heterocycles. The lowest BCUT2D eigenvalue weighted by molar-refractivity contribution is -0.121. The largest absolute Gasteiger partial charge is 0.303 e. The summed E-state index contributed by atoms with van der Waals surface area (Å²) >= 11 is 0. The van der Waals surface area contributed by atoms with E-state index in [-0.39, 0.29) is 11.7 Å². The molecule has 98 valence electrons. The van der Waals surface area contributed by atoms with Crippen molar-refractivity contribution in [2.24, 2.45) is 29.6 Å². The van der Waals surface area contributed by atoms with E-state index in [1.807, 2.05) is 0 Å². The van der Waals surface area contributed by atoms with Crippen molar-refractivity contribution in [2.45, 2.75) is 53.4 Å². The summed E-state index contributed by atoms with van der Waals surface area (Å²) in [5, 5.41) is 0. The molecule has 0 spiro atoms. The van der Waals surface area contributed by atoms with E-state index in [0.29, 0.717) is 30.1 Å². The molecule has 4 atom stereocenters. The summed E-state index contributed by atoms with van der Waals surface area (Å²) in [6.45, 7) is 8.29. The second-order valence-electron chi connectivity index (χ2n) is 6.08. The Morgan fingerprint density at radius 2 is 2.00 bits per heavy atom. The van der Waals surface area contributed by atoms with Crippen molar-refractivity contribution in [2.75, 3.05) is 0 Å². The van der Waals surface area contributed by atoms with Crippen LogP contribution in [-0.2, 0) is 9.59 Å². The van der Waals surface area contributed by atoms with Crippen LogP contribution in [0.3, 0.4) is 0 Å². The third-order valence-electron chi connectivity index (χ3n) is 4.52. The first-order chi connectivity index (χ1) is 7.97. The standard InChI is InChI=1S/C15H26O2/c1-10(2)13-7-5-11(3)14(15(13)9-16)8-6-12(4)17/h9-11,13-15H,5-8H2,1-4H3/t11-,13+,14+,15-/m1/s1. The molecule has 0 N–H and O–H groups in total. The minimum atomic E-state index is 0.165. The van der Waals surface area contributed by atoms with E-state index in [9.17, 15) is 9.59 Å². The van der Waals surface area contributed by atoms with E-state index < -0.39 is 0 Å². The molecule has 1 aliphatic carbocycles. The predicted molar refractivity (Wildman–Crippen MR) is 69.7 cm³/mol. The van der Waals surface area contributed by atoms with Crippen molar-refractivity contribution >= 4 is 12.1 Å². The fraction of sp³-hybridized carbons (Fsp3) is 0.867. The summed E-state index contributed by atoms with van der Waals surface area (Å²) in [6, 6.07) is 0. The van der Waals surface area contributed by atoms with Crippen LogP contribution in [0.5, 0.6) is 0 Å². The highest BCUT2D eigenvalue weighted by Gasteiger charge is 2.38. The van der Waals surface area contributed by atoms with Crippen molar-refractivity contribution in [1.82, 2.24) is 0 Å². The Kier molecular flexibility index (Phi) is 5.35. The lowest BCUT2D eigenvalue weighted by atomic mass is 9.63. The van der Waals surface area contributed by atoms with Crippen molar-refractivity contribution < 1.29 is 9.59 Å². The van der Waals surface area contributed by atoms with Crippen LogP contribution in [0, 0.1) is 29.6 Å². The van der Waals surface area contributed by atoms with E-state index in [1.54, 1.807) is 6.92 Å². The molecule has 0 aliphatic heterocycles. The van der Waals surface area contributed by atoms with Crippen LogP contribution in [0.4, 0.5) is 0 Å². The van der Waals surface area contributed by atoms with Crippen molar-refractivity contribution in [1.29, 1.82) is 0 Å². The number of Topliss-reactive ketones (excluding diaryl/α,β-unsaturated/α-hetero) is 1. The van der Waals surface area contributed by atoms with Gasteiger partial charge in [-0.05, 0) is 43.4 Å². The molecule has 1 aliphatic rings. The predicted octanol–water partition coefficient (Wildman–Crippen LogP) is 3.49. The monoisotopic (exact) mass is 238 g/mol.